The van der Waals surface area contributed by atoms with Crippen molar-refractivity contribution in [1.29, 1.82) is 0 Å². The largest absolute Gasteiger partial charge is 0.481 e. The Hall–Kier alpha value is -3.68. The molecule has 8 heteroatoms. The van der Waals surface area contributed by atoms with Gasteiger partial charge in [-0.05, 0) is 48.1 Å². The first-order valence-electron chi connectivity index (χ1n) is 11.5. The number of aliphatic carboxylic acids is 1. The van der Waals surface area contributed by atoms with E-state index in [1.165, 1.54) is 11.3 Å². The summed E-state index contributed by atoms with van der Waals surface area (Å²) in [4.78, 5) is 29.2. The van der Waals surface area contributed by atoms with Gasteiger partial charge in [-0.3, -0.25) is 10.1 Å². The van der Waals surface area contributed by atoms with Gasteiger partial charge in [0.25, 0.3) is 0 Å². The summed E-state index contributed by atoms with van der Waals surface area (Å²) in [5.74, 6) is -0.326. The van der Waals surface area contributed by atoms with Gasteiger partial charge in [-0.1, -0.05) is 78.3 Å². The molecule has 1 amide bonds. The molecule has 0 radical (unpaired) electrons. The summed E-state index contributed by atoms with van der Waals surface area (Å²) in [6.07, 6.45) is 0.250. The number of anilines is 1. The minimum Gasteiger partial charge on any atom is -0.481 e. The van der Waals surface area contributed by atoms with Crippen molar-refractivity contribution < 1.29 is 19.4 Å². The fourth-order valence-corrected chi connectivity index (χ4v) is 5.28. The molecule has 1 heterocycles. The lowest BCUT2D eigenvalue weighted by molar-refractivity contribution is -0.140. The van der Waals surface area contributed by atoms with Gasteiger partial charge >= 0.3 is 12.1 Å². The van der Waals surface area contributed by atoms with Crippen LogP contribution in [0, 0.1) is 0 Å². The van der Waals surface area contributed by atoms with Crippen LogP contribution in [0.25, 0.3) is 21.6 Å². The summed E-state index contributed by atoms with van der Waals surface area (Å²) >= 11 is 7.62. The van der Waals surface area contributed by atoms with Crippen molar-refractivity contribution >= 4 is 40.8 Å². The van der Waals surface area contributed by atoms with E-state index in [2.05, 4.69) is 10.3 Å². The zero-order chi connectivity index (χ0) is 25.3. The zero-order valence-electron chi connectivity index (χ0n) is 19.4. The molecule has 1 aliphatic rings. The molecule has 2 N–H and O–H groups in total. The van der Waals surface area contributed by atoms with Crippen molar-refractivity contribution in [3.05, 3.63) is 94.5 Å². The number of carboxylic acid groups (broad SMARTS) is 1. The second-order valence-corrected chi connectivity index (χ2v) is 10.0. The molecule has 1 saturated carbocycles. The summed E-state index contributed by atoms with van der Waals surface area (Å²) in [5, 5.41) is 12.8. The third-order valence-corrected chi connectivity index (χ3v) is 7.71. The number of hydrogen-bond donors (Lipinski definition) is 2. The monoisotopic (exact) mass is 518 g/mol. The van der Waals surface area contributed by atoms with E-state index in [1.807, 2.05) is 66.7 Å². The van der Waals surface area contributed by atoms with Gasteiger partial charge in [-0.15, -0.1) is 11.3 Å². The number of aromatic nitrogens is 1. The van der Waals surface area contributed by atoms with Crippen LogP contribution in [0.4, 0.5) is 10.6 Å². The van der Waals surface area contributed by atoms with Crippen LogP contribution in [0.15, 0.2) is 78.3 Å². The highest BCUT2D eigenvalue weighted by Crippen LogP contribution is 2.48. The van der Waals surface area contributed by atoms with Gasteiger partial charge in [0.2, 0.25) is 0 Å². The minimum atomic E-state index is -0.754. The van der Waals surface area contributed by atoms with Gasteiger partial charge in [-0.25, -0.2) is 9.78 Å². The van der Waals surface area contributed by atoms with Crippen LogP contribution in [-0.2, 0) is 14.9 Å². The number of carboxylic acids is 1. The Morgan fingerprint density at radius 3 is 2.22 bits per heavy atom. The van der Waals surface area contributed by atoms with E-state index in [1.54, 1.807) is 18.5 Å². The number of halogens is 1. The van der Waals surface area contributed by atoms with Crippen LogP contribution < -0.4 is 5.32 Å². The highest BCUT2D eigenvalue weighted by molar-refractivity contribution is 7.13. The fourth-order valence-electron chi connectivity index (χ4n) is 4.24. The third kappa shape index (κ3) is 4.72. The quantitative estimate of drug-likeness (QED) is 0.263. The van der Waals surface area contributed by atoms with Crippen LogP contribution in [0.3, 0.4) is 0 Å². The molecule has 6 nitrogen and oxygen atoms in total. The first-order chi connectivity index (χ1) is 17.4. The molecular formula is C28H23ClN2O4S. The number of thiazole rings is 1. The van der Waals surface area contributed by atoms with Crippen LogP contribution in [-0.4, -0.2) is 22.2 Å². The molecule has 0 aliphatic heterocycles. The van der Waals surface area contributed by atoms with Gasteiger partial charge in [-0.2, -0.15) is 0 Å². The molecule has 1 fully saturated rings. The number of rotatable bonds is 7. The Labute approximate surface area is 217 Å². The standard InChI is InChI=1S/C28H23ClN2O4S/c1-17(22-4-2-3-5-23(22)29)35-27(34)31-25-24(36-16-30-25)20-8-6-18(7-9-20)19-10-12-21(13-11-19)28(14-15-28)26(32)33/h2-13,16-17H,14-15H2,1H3,(H,31,34)(H,32,33). The van der Waals surface area contributed by atoms with Gasteiger partial charge in [0.05, 0.1) is 15.8 Å². The number of benzene rings is 3. The summed E-state index contributed by atoms with van der Waals surface area (Å²) < 4.78 is 5.50. The SMILES string of the molecule is CC(OC(=O)Nc1ncsc1-c1ccc(-c2ccc(C3(C(=O)O)CC3)cc2)cc1)c1ccccc1Cl. The Morgan fingerprint density at radius 1 is 1.00 bits per heavy atom. The maximum absolute atomic E-state index is 12.5. The van der Waals surface area contributed by atoms with Gasteiger partial charge in [0.1, 0.15) is 6.10 Å². The maximum atomic E-state index is 12.5. The van der Waals surface area contributed by atoms with Crippen LogP contribution in [0.2, 0.25) is 5.02 Å². The smallest absolute Gasteiger partial charge is 0.413 e. The van der Waals surface area contributed by atoms with E-state index in [0.717, 1.165) is 32.7 Å². The highest BCUT2D eigenvalue weighted by Gasteiger charge is 2.51. The lowest BCUT2D eigenvalue weighted by atomic mass is 9.93. The lowest BCUT2D eigenvalue weighted by Gasteiger charge is -2.15. The lowest BCUT2D eigenvalue weighted by Crippen LogP contribution is -2.19. The van der Waals surface area contributed by atoms with Gasteiger partial charge < -0.3 is 9.84 Å². The number of hydrogen-bond acceptors (Lipinski definition) is 5. The molecule has 0 bridgehead atoms. The molecule has 3 aromatic carbocycles. The molecule has 1 atom stereocenters. The van der Waals surface area contributed by atoms with E-state index >= 15 is 0 Å². The Kier molecular flexibility index (Phi) is 6.51. The third-order valence-electron chi connectivity index (χ3n) is 6.49. The number of carbonyl (C=O) groups excluding carboxylic acids is 1. The summed E-state index contributed by atoms with van der Waals surface area (Å²) in [6, 6.07) is 22.9. The van der Waals surface area contributed by atoms with Gasteiger partial charge in [0.15, 0.2) is 5.82 Å². The van der Waals surface area contributed by atoms with E-state index in [0.29, 0.717) is 23.7 Å². The second-order valence-electron chi connectivity index (χ2n) is 8.77. The van der Waals surface area contributed by atoms with Crippen molar-refractivity contribution in [2.45, 2.75) is 31.3 Å². The Balaban J connectivity index is 1.27. The first kappa shape index (κ1) is 24.0. The summed E-state index contributed by atoms with van der Waals surface area (Å²) in [5.41, 5.74) is 5.48. The molecule has 1 aromatic heterocycles. The average molecular weight is 519 g/mol. The Bertz CT molecular complexity index is 1410. The summed E-state index contributed by atoms with van der Waals surface area (Å²) in [6.45, 7) is 1.76. The molecule has 182 valence electrons. The highest BCUT2D eigenvalue weighted by atomic mass is 35.5. The molecule has 4 aromatic rings. The number of ether oxygens (including phenoxy) is 1. The fraction of sp³-hybridized carbons (Fsp3) is 0.179. The van der Waals surface area contributed by atoms with E-state index in [-0.39, 0.29) is 0 Å². The van der Waals surface area contributed by atoms with Crippen LogP contribution >= 0.6 is 22.9 Å². The molecule has 0 spiro atoms. The van der Waals surface area contributed by atoms with E-state index in [4.69, 9.17) is 16.3 Å². The van der Waals surface area contributed by atoms with E-state index in [9.17, 15) is 14.7 Å². The predicted octanol–water partition coefficient (Wildman–Crippen LogP) is 7.56. The first-order valence-corrected chi connectivity index (χ1v) is 12.7. The minimum absolute atomic E-state index is 0.428. The molecule has 36 heavy (non-hydrogen) atoms. The van der Waals surface area contributed by atoms with Crippen molar-refractivity contribution in [2.75, 3.05) is 5.32 Å². The molecule has 1 aliphatic carbocycles. The number of nitrogens with one attached hydrogen (secondary N) is 1. The summed E-state index contributed by atoms with van der Waals surface area (Å²) in [7, 11) is 0. The number of amides is 1. The van der Waals surface area contributed by atoms with E-state index < -0.39 is 23.6 Å². The van der Waals surface area contributed by atoms with Crippen LogP contribution in [0.5, 0.6) is 0 Å². The molecule has 1 unspecified atom stereocenters. The second kappa shape index (κ2) is 9.76. The average Bonchev–Trinajstić information content (AvgIpc) is 3.58. The van der Waals surface area contributed by atoms with Crippen molar-refractivity contribution in [3.8, 4) is 21.6 Å². The predicted molar refractivity (Wildman–Crippen MR) is 142 cm³/mol. The molecule has 5 rings (SSSR count). The van der Waals surface area contributed by atoms with Crippen molar-refractivity contribution in [1.82, 2.24) is 4.98 Å². The molecular weight excluding hydrogens is 496 g/mol. The topological polar surface area (TPSA) is 88.5 Å². The Morgan fingerprint density at radius 2 is 1.61 bits per heavy atom. The normalized spacial score (nSPS) is 14.6. The van der Waals surface area contributed by atoms with Gasteiger partial charge in [0, 0.05) is 10.6 Å². The molecule has 0 saturated heterocycles. The zero-order valence-corrected chi connectivity index (χ0v) is 21.0. The van der Waals surface area contributed by atoms with Crippen molar-refractivity contribution in [3.63, 3.8) is 0 Å². The number of carbonyl (C=O) groups is 2. The van der Waals surface area contributed by atoms with Crippen LogP contribution in [0.1, 0.15) is 37.0 Å². The number of nitrogens with zero attached hydrogens (tertiary/aromatic N) is 1. The van der Waals surface area contributed by atoms with Crippen molar-refractivity contribution in [2.24, 2.45) is 0 Å². The maximum Gasteiger partial charge on any atom is 0.413 e.